The number of H-pyrrole nitrogens is 1. The number of amides is 1. The van der Waals surface area contributed by atoms with Crippen LogP contribution in [0.4, 0.5) is 0 Å². The molecule has 0 aliphatic carbocycles. The SMILES string of the molecule is COc1ccc2[nH]cc(C3CCN(C(=O)c4cc(S(=O)(=O)NC(C)C)ccc4Cl)CC3)c2c1. The molecule has 7 nitrogen and oxygen atoms in total. The van der Waals surface area contributed by atoms with Crippen molar-refractivity contribution >= 4 is 38.4 Å². The van der Waals surface area contributed by atoms with E-state index in [9.17, 15) is 13.2 Å². The van der Waals surface area contributed by atoms with Gasteiger partial charge in [-0.3, -0.25) is 4.79 Å². The summed E-state index contributed by atoms with van der Waals surface area (Å²) in [6.07, 6.45) is 3.65. The van der Waals surface area contributed by atoms with Crippen LogP contribution in [-0.2, 0) is 10.0 Å². The molecule has 4 rings (SSSR count). The lowest BCUT2D eigenvalue weighted by Crippen LogP contribution is -2.38. The van der Waals surface area contributed by atoms with E-state index in [4.69, 9.17) is 16.3 Å². The van der Waals surface area contributed by atoms with Gasteiger partial charge in [-0.15, -0.1) is 0 Å². The molecular weight excluding hydrogens is 462 g/mol. The molecular formula is C24H28ClN3O4S. The fourth-order valence-electron chi connectivity index (χ4n) is 4.36. The van der Waals surface area contributed by atoms with E-state index in [1.165, 1.54) is 23.8 Å². The van der Waals surface area contributed by atoms with Crippen LogP contribution in [0.25, 0.3) is 10.9 Å². The Morgan fingerprint density at radius 2 is 1.91 bits per heavy atom. The highest BCUT2D eigenvalue weighted by molar-refractivity contribution is 7.89. The Kier molecular flexibility index (Phi) is 6.70. The highest BCUT2D eigenvalue weighted by Gasteiger charge is 2.28. The van der Waals surface area contributed by atoms with Crippen molar-refractivity contribution in [1.82, 2.24) is 14.6 Å². The summed E-state index contributed by atoms with van der Waals surface area (Å²) in [6.45, 7) is 4.62. The maximum atomic E-state index is 13.2. The molecule has 1 fully saturated rings. The molecule has 9 heteroatoms. The third-order valence-electron chi connectivity index (χ3n) is 6.01. The molecule has 1 saturated heterocycles. The van der Waals surface area contributed by atoms with E-state index in [0.29, 0.717) is 19.0 Å². The fraction of sp³-hybridized carbons (Fsp3) is 0.375. The Labute approximate surface area is 199 Å². The van der Waals surface area contributed by atoms with Crippen molar-refractivity contribution < 1.29 is 17.9 Å². The predicted molar refractivity (Wildman–Crippen MR) is 130 cm³/mol. The minimum Gasteiger partial charge on any atom is -0.497 e. The number of nitrogens with one attached hydrogen (secondary N) is 2. The number of aromatic amines is 1. The molecule has 0 bridgehead atoms. The quantitative estimate of drug-likeness (QED) is 0.532. The van der Waals surface area contributed by atoms with Gasteiger partial charge in [0.2, 0.25) is 10.0 Å². The molecule has 0 saturated carbocycles. The molecule has 33 heavy (non-hydrogen) atoms. The molecule has 0 radical (unpaired) electrons. The van der Waals surface area contributed by atoms with Gasteiger partial charge in [0.25, 0.3) is 5.91 Å². The number of carbonyl (C=O) groups excluding carboxylic acids is 1. The summed E-state index contributed by atoms with van der Waals surface area (Å²) >= 11 is 6.29. The third kappa shape index (κ3) is 4.88. The molecule has 1 aliphatic heterocycles. The van der Waals surface area contributed by atoms with E-state index >= 15 is 0 Å². The Morgan fingerprint density at radius 3 is 2.58 bits per heavy atom. The zero-order chi connectivity index (χ0) is 23.8. The summed E-state index contributed by atoms with van der Waals surface area (Å²) in [7, 11) is -2.07. The number of carbonyl (C=O) groups is 1. The summed E-state index contributed by atoms with van der Waals surface area (Å²) < 4.78 is 33.0. The molecule has 0 atom stereocenters. The summed E-state index contributed by atoms with van der Waals surface area (Å²) in [5, 5.41) is 1.38. The standard InChI is InChI=1S/C24H28ClN3O4S/c1-15(2)27-33(30,31)18-5-6-22(25)20(13-18)24(29)28-10-8-16(9-11-28)21-14-26-23-7-4-17(32-3)12-19(21)23/h4-7,12-16,26-27H,8-11H2,1-3H3. The number of ether oxygens (including phenoxy) is 1. The van der Waals surface area contributed by atoms with Crippen LogP contribution in [0.2, 0.25) is 5.02 Å². The van der Waals surface area contributed by atoms with E-state index in [1.54, 1.807) is 25.9 Å². The Bertz CT molecular complexity index is 1280. The van der Waals surface area contributed by atoms with Gasteiger partial charge >= 0.3 is 0 Å². The van der Waals surface area contributed by atoms with Crippen LogP contribution in [0.15, 0.2) is 47.5 Å². The van der Waals surface area contributed by atoms with Crippen LogP contribution in [-0.4, -0.2) is 50.5 Å². The highest BCUT2D eigenvalue weighted by atomic mass is 35.5. The van der Waals surface area contributed by atoms with E-state index in [2.05, 4.69) is 9.71 Å². The number of halogens is 1. The molecule has 176 valence electrons. The largest absolute Gasteiger partial charge is 0.497 e. The van der Waals surface area contributed by atoms with Crippen molar-refractivity contribution in [3.05, 3.63) is 58.7 Å². The number of aromatic nitrogens is 1. The zero-order valence-electron chi connectivity index (χ0n) is 18.9. The number of rotatable bonds is 6. The fourth-order valence-corrected chi connectivity index (χ4v) is 5.84. The molecule has 3 aromatic rings. The van der Waals surface area contributed by atoms with Crippen molar-refractivity contribution in [3.63, 3.8) is 0 Å². The summed E-state index contributed by atoms with van der Waals surface area (Å²) in [6, 6.07) is 9.97. The molecule has 2 aromatic carbocycles. The van der Waals surface area contributed by atoms with Gasteiger partial charge < -0.3 is 14.6 Å². The first-order valence-corrected chi connectivity index (χ1v) is 12.8. The van der Waals surface area contributed by atoms with Gasteiger partial charge in [-0.2, -0.15) is 0 Å². The summed E-state index contributed by atoms with van der Waals surface area (Å²) in [4.78, 5) is 18.3. The van der Waals surface area contributed by atoms with Gasteiger partial charge in [0.05, 0.1) is 22.6 Å². The Hall–Kier alpha value is -2.55. The third-order valence-corrected chi connectivity index (χ3v) is 8.00. The van der Waals surface area contributed by atoms with Crippen LogP contribution < -0.4 is 9.46 Å². The molecule has 1 aromatic heterocycles. The van der Waals surface area contributed by atoms with E-state index in [0.717, 1.165) is 29.5 Å². The number of benzene rings is 2. The molecule has 1 amide bonds. The topological polar surface area (TPSA) is 91.5 Å². The second-order valence-electron chi connectivity index (χ2n) is 8.64. The van der Waals surface area contributed by atoms with Gasteiger partial charge in [-0.25, -0.2) is 13.1 Å². The first-order chi connectivity index (χ1) is 15.7. The van der Waals surface area contributed by atoms with E-state index in [-0.39, 0.29) is 27.4 Å². The normalized spacial score (nSPS) is 15.4. The number of hydrogen-bond acceptors (Lipinski definition) is 4. The molecule has 2 heterocycles. The van der Waals surface area contributed by atoms with Crippen LogP contribution in [0.1, 0.15) is 48.5 Å². The lowest BCUT2D eigenvalue weighted by atomic mass is 9.89. The van der Waals surface area contributed by atoms with Crippen molar-refractivity contribution in [2.45, 2.75) is 43.5 Å². The first kappa shape index (κ1) is 23.6. The first-order valence-electron chi connectivity index (χ1n) is 11.0. The van der Waals surface area contributed by atoms with Gasteiger partial charge in [-0.1, -0.05) is 11.6 Å². The van der Waals surface area contributed by atoms with Crippen LogP contribution in [0.5, 0.6) is 5.75 Å². The Morgan fingerprint density at radius 1 is 1.18 bits per heavy atom. The van der Waals surface area contributed by atoms with Crippen LogP contribution >= 0.6 is 11.6 Å². The molecule has 1 aliphatic rings. The van der Waals surface area contributed by atoms with Gasteiger partial charge in [0.1, 0.15) is 5.75 Å². The van der Waals surface area contributed by atoms with Gasteiger partial charge in [-0.05, 0) is 74.6 Å². The maximum absolute atomic E-state index is 13.2. The van der Waals surface area contributed by atoms with Gasteiger partial charge in [0.15, 0.2) is 0 Å². The van der Waals surface area contributed by atoms with E-state index in [1.807, 2.05) is 24.4 Å². The smallest absolute Gasteiger partial charge is 0.255 e. The van der Waals surface area contributed by atoms with Crippen molar-refractivity contribution in [2.75, 3.05) is 20.2 Å². The second kappa shape index (κ2) is 9.37. The van der Waals surface area contributed by atoms with Crippen LogP contribution in [0.3, 0.4) is 0 Å². The number of piperidine rings is 1. The average Bonchev–Trinajstić information content (AvgIpc) is 3.21. The average molecular weight is 490 g/mol. The minimum atomic E-state index is -3.72. The van der Waals surface area contributed by atoms with Crippen LogP contribution in [0, 0.1) is 0 Å². The number of sulfonamides is 1. The lowest BCUT2D eigenvalue weighted by Gasteiger charge is -2.32. The number of hydrogen-bond donors (Lipinski definition) is 2. The lowest BCUT2D eigenvalue weighted by molar-refractivity contribution is 0.0713. The Balaban J connectivity index is 1.51. The minimum absolute atomic E-state index is 0.0339. The molecule has 2 N–H and O–H groups in total. The van der Waals surface area contributed by atoms with Gasteiger partial charge in [0, 0.05) is 36.2 Å². The summed E-state index contributed by atoms with van der Waals surface area (Å²) in [5.41, 5.74) is 2.49. The number of fused-ring (bicyclic) bond motifs is 1. The van der Waals surface area contributed by atoms with Crippen molar-refractivity contribution in [2.24, 2.45) is 0 Å². The zero-order valence-corrected chi connectivity index (χ0v) is 20.5. The highest BCUT2D eigenvalue weighted by Crippen LogP contribution is 2.35. The molecule has 0 unspecified atom stereocenters. The van der Waals surface area contributed by atoms with E-state index < -0.39 is 10.0 Å². The predicted octanol–water partition coefficient (Wildman–Crippen LogP) is 4.54. The van der Waals surface area contributed by atoms with Crippen molar-refractivity contribution in [3.8, 4) is 5.75 Å². The second-order valence-corrected chi connectivity index (χ2v) is 10.8. The maximum Gasteiger partial charge on any atom is 0.255 e. The van der Waals surface area contributed by atoms with Crippen molar-refractivity contribution in [1.29, 1.82) is 0 Å². The molecule has 0 spiro atoms. The monoisotopic (exact) mass is 489 g/mol. The number of methoxy groups -OCH3 is 1. The number of likely N-dealkylation sites (tertiary alicyclic amines) is 1. The summed E-state index contributed by atoms with van der Waals surface area (Å²) in [5.74, 6) is 0.875. The number of nitrogens with zero attached hydrogens (tertiary/aromatic N) is 1.